The topological polar surface area (TPSA) is 12.0 Å². The second kappa shape index (κ2) is 6.07. The quantitative estimate of drug-likeness (QED) is 0.890. The fraction of sp³-hybridized carbons (Fsp3) is 0.600. The van der Waals surface area contributed by atoms with Crippen molar-refractivity contribution in [1.82, 2.24) is 5.32 Å². The van der Waals surface area contributed by atoms with E-state index < -0.39 is 0 Å². The molecule has 0 aliphatic heterocycles. The largest absolute Gasteiger partial charge is 0.316 e. The molecule has 0 saturated heterocycles. The Hall–Kier alpha value is -0.540. The van der Waals surface area contributed by atoms with E-state index in [2.05, 4.69) is 19.2 Å². The standard InChI is InChI=1S/C15H22FNS/c1-10-7-11(2)15(14(8-10)17-3)18-13-6-4-5-12(16)9-13/h4-6,9-11,14-15,17H,7-8H2,1-3H3. The predicted molar refractivity (Wildman–Crippen MR) is 76.5 cm³/mol. The van der Waals surface area contributed by atoms with Crippen LogP contribution in [0.25, 0.3) is 0 Å². The van der Waals surface area contributed by atoms with E-state index in [0.29, 0.717) is 17.2 Å². The highest BCUT2D eigenvalue weighted by atomic mass is 32.2. The van der Waals surface area contributed by atoms with E-state index in [4.69, 9.17) is 0 Å². The fourth-order valence-corrected chi connectivity index (χ4v) is 4.41. The second-order valence-electron chi connectivity index (χ2n) is 5.49. The molecule has 0 aromatic heterocycles. The summed E-state index contributed by atoms with van der Waals surface area (Å²) in [6.07, 6.45) is 2.49. The summed E-state index contributed by atoms with van der Waals surface area (Å²) in [4.78, 5) is 1.04. The van der Waals surface area contributed by atoms with Crippen LogP contribution in [0, 0.1) is 17.7 Å². The molecule has 4 unspecified atom stereocenters. The van der Waals surface area contributed by atoms with Gasteiger partial charge in [0, 0.05) is 16.2 Å². The maximum absolute atomic E-state index is 13.2. The first-order valence-corrected chi connectivity index (χ1v) is 7.57. The minimum Gasteiger partial charge on any atom is -0.316 e. The molecule has 2 rings (SSSR count). The minimum absolute atomic E-state index is 0.141. The van der Waals surface area contributed by atoms with Gasteiger partial charge >= 0.3 is 0 Å². The van der Waals surface area contributed by atoms with Crippen LogP contribution in [0.2, 0.25) is 0 Å². The summed E-state index contributed by atoms with van der Waals surface area (Å²) in [6, 6.07) is 7.47. The Labute approximate surface area is 114 Å². The monoisotopic (exact) mass is 267 g/mol. The highest BCUT2D eigenvalue weighted by molar-refractivity contribution is 8.00. The lowest BCUT2D eigenvalue weighted by Crippen LogP contribution is -2.44. The van der Waals surface area contributed by atoms with E-state index in [9.17, 15) is 4.39 Å². The van der Waals surface area contributed by atoms with Gasteiger partial charge in [0.2, 0.25) is 0 Å². The molecule has 0 bridgehead atoms. The zero-order chi connectivity index (χ0) is 13.1. The van der Waals surface area contributed by atoms with E-state index in [0.717, 1.165) is 10.8 Å². The molecule has 1 aromatic carbocycles. The van der Waals surface area contributed by atoms with Crippen molar-refractivity contribution in [3.8, 4) is 0 Å². The molecule has 0 heterocycles. The first-order chi connectivity index (χ1) is 8.60. The average molecular weight is 267 g/mol. The first kappa shape index (κ1) is 13.9. The highest BCUT2D eigenvalue weighted by Gasteiger charge is 2.33. The van der Waals surface area contributed by atoms with Crippen LogP contribution in [-0.2, 0) is 0 Å². The van der Waals surface area contributed by atoms with Crippen molar-refractivity contribution in [3.63, 3.8) is 0 Å². The van der Waals surface area contributed by atoms with Crippen LogP contribution in [0.3, 0.4) is 0 Å². The van der Waals surface area contributed by atoms with Crippen molar-refractivity contribution in [2.24, 2.45) is 11.8 Å². The Kier molecular flexibility index (Phi) is 4.68. The van der Waals surface area contributed by atoms with Crippen LogP contribution in [-0.4, -0.2) is 18.3 Å². The van der Waals surface area contributed by atoms with Crippen LogP contribution in [0.1, 0.15) is 26.7 Å². The van der Waals surface area contributed by atoms with Crippen LogP contribution in [0.4, 0.5) is 4.39 Å². The Balaban J connectivity index is 2.10. The maximum atomic E-state index is 13.2. The number of halogens is 1. The van der Waals surface area contributed by atoms with Gasteiger partial charge in [-0.25, -0.2) is 4.39 Å². The Morgan fingerprint density at radius 2 is 2.06 bits per heavy atom. The van der Waals surface area contributed by atoms with E-state index in [1.54, 1.807) is 12.1 Å². The third-order valence-corrected chi connectivity index (χ3v) is 5.42. The van der Waals surface area contributed by atoms with E-state index >= 15 is 0 Å². The summed E-state index contributed by atoms with van der Waals surface area (Å²) in [5.74, 6) is 1.30. The van der Waals surface area contributed by atoms with Crippen LogP contribution >= 0.6 is 11.8 Å². The number of thioether (sulfide) groups is 1. The Bertz CT molecular complexity index is 396. The molecule has 1 nitrogen and oxygen atoms in total. The molecule has 1 N–H and O–H groups in total. The first-order valence-electron chi connectivity index (χ1n) is 6.69. The molecule has 1 aliphatic rings. The number of hydrogen-bond acceptors (Lipinski definition) is 2. The van der Waals surface area contributed by atoms with Gasteiger partial charge in [-0.1, -0.05) is 19.9 Å². The average Bonchev–Trinajstić information content (AvgIpc) is 2.32. The third-order valence-electron chi connectivity index (χ3n) is 3.83. The minimum atomic E-state index is -0.141. The molecule has 3 heteroatoms. The predicted octanol–water partition coefficient (Wildman–Crippen LogP) is 3.94. The lowest BCUT2D eigenvalue weighted by atomic mass is 9.80. The van der Waals surface area contributed by atoms with Crippen LogP contribution in [0.15, 0.2) is 29.2 Å². The number of benzene rings is 1. The Morgan fingerprint density at radius 1 is 1.28 bits per heavy atom. The fourth-order valence-electron chi connectivity index (χ4n) is 3.01. The zero-order valence-electron chi connectivity index (χ0n) is 11.3. The molecule has 1 aliphatic carbocycles. The van der Waals surface area contributed by atoms with E-state index in [1.807, 2.05) is 24.9 Å². The lowest BCUT2D eigenvalue weighted by Gasteiger charge is -2.39. The lowest BCUT2D eigenvalue weighted by molar-refractivity contribution is 0.257. The van der Waals surface area contributed by atoms with Gasteiger partial charge in [0.15, 0.2) is 0 Å². The second-order valence-corrected chi connectivity index (χ2v) is 6.74. The third kappa shape index (κ3) is 3.27. The van der Waals surface area contributed by atoms with Gasteiger partial charge in [-0.05, 0) is 49.9 Å². The highest BCUT2D eigenvalue weighted by Crippen LogP contribution is 2.39. The molecule has 18 heavy (non-hydrogen) atoms. The summed E-state index contributed by atoms with van der Waals surface area (Å²) in [5, 5.41) is 3.97. The van der Waals surface area contributed by atoms with Crippen LogP contribution < -0.4 is 5.32 Å². The smallest absolute Gasteiger partial charge is 0.124 e. The summed E-state index contributed by atoms with van der Waals surface area (Å²) in [6.45, 7) is 4.64. The van der Waals surface area contributed by atoms with Crippen molar-refractivity contribution in [3.05, 3.63) is 30.1 Å². The summed E-state index contributed by atoms with van der Waals surface area (Å²) < 4.78 is 13.2. The normalized spacial score (nSPS) is 32.4. The van der Waals surface area contributed by atoms with Gasteiger partial charge in [-0.3, -0.25) is 0 Å². The van der Waals surface area contributed by atoms with Gasteiger partial charge in [0.1, 0.15) is 5.82 Å². The van der Waals surface area contributed by atoms with Crippen molar-refractivity contribution >= 4 is 11.8 Å². The van der Waals surface area contributed by atoms with Crippen molar-refractivity contribution in [2.75, 3.05) is 7.05 Å². The van der Waals surface area contributed by atoms with Gasteiger partial charge in [-0.2, -0.15) is 0 Å². The molecule has 0 radical (unpaired) electrons. The maximum Gasteiger partial charge on any atom is 0.124 e. The van der Waals surface area contributed by atoms with Crippen molar-refractivity contribution < 1.29 is 4.39 Å². The summed E-state index contributed by atoms with van der Waals surface area (Å²) >= 11 is 1.82. The molecule has 1 fully saturated rings. The zero-order valence-corrected chi connectivity index (χ0v) is 12.1. The molecule has 0 amide bonds. The van der Waals surface area contributed by atoms with Gasteiger partial charge < -0.3 is 5.32 Å². The molecule has 1 saturated carbocycles. The van der Waals surface area contributed by atoms with Crippen LogP contribution in [0.5, 0.6) is 0 Å². The number of hydrogen-bond donors (Lipinski definition) is 1. The van der Waals surface area contributed by atoms with E-state index in [1.165, 1.54) is 18.9 Å². The SMILES string of the molecule is CNC1CC(C)CC(C)C1Sc1cccc(F)c1. The van der Waals surface area contributed by atoms with Gasteiger partial charge in [-0.15, -0.1) is 11.8 Å². The molecule has 1 aromatic rings. The Morgan fingerprint density at radius 3 is 2.72 bits per heavy atom. The number of rotatable bonds is 3. The molecular formula is C15H22FNS. The molecule has 0 spiro atoms. The van der Waals surface area contributed by atoms with Gasteiger partial charge in [0.25, 0.3) is 0 Å². The van der Waals surface area contributed by atoms with Crippen molar-refractivity contribution in [2.45, 2.75) is 42.9 Å². The summed E-state index contributed by atoms with van der Waals surface area (Å²) in [7, 11) is 2.04. The number of nitrogens with one attached hydrogen (secondary N) is 1. The molecule has 4 atom stereocenters. The van der Waals surface area contributed by atoms with Gasteiger partial charge in [0.05, 0.1) is 0 Å². The summed E-state index contributed by atoms with van der Waals surface area (Å²) in [5.41, 5.74) is 0. The van der Waals surface area contributed by atoms with Crippen molar-refractivity contribution in [1.29, 1.82) is 0 Å². The molecular weight excluding hydrogens is 245 g/mol. The molecule has 100 valence electrons. The van der Waals surface area contributed by atoms with E-state index in [-0.39, 0.29) is 5.82 Å².